The van der Waals surface area contributed by atoms with Gasteiger partial charge >= 0.3 is 0 Å². The third kappa shape index (κ3) is 2.01. The standard InChI is InChI=1S/C6H7O3P/c1-2-5(7)10-6(8)4-3-9-4/h2,4,10H,1,3H2. The topological polar surface area (TPSA) is 46.7 Å². The fourth-order valence-electron chi connectivity index (χ4n) is 0.452. The number of ether oxygens (including phenoxy) is 1. The van der Waals surface area contributed by atoms with Gasteiger partial charge in [-0.25, -0.2) is 0 Å². The maximum absolute atomic E-state index is 10.8. The first-order valence-electron chi connectivity index (χ1n) is 2.83. The Bertz CT molecular complexity index is 183. The second-order valence-corrected chi connectivity index (χ2v) is 3.12. The number of allylic oxidation sites excluding steroid dienone is 1. The minimum absolute atomic E-state index is 0.107. The first-order chi connectivity index (χ1) is 4.74. The van der Waals surface area contributed by atoms with E-state index in [1.165, 1.54) is 6.08 Å². The quantitative estimate of drug-likeness (QED) is 0.336. The first kappa shape index (κ1) is 7.58. The molecule has 0 aromatic heterocycles. The van der Waals surface area contributed by atoms with Crippen LogP contribution in [0.5, 0.6) is 0 Å². The minimum atomic E-state index is -0.298. The zero-order valence-electron chi connectivity index (χ0n) is 5.29. The van der Waals surface area contributed by atoms with Crippen LogP contribution in [-0.4, -0.2) is 23.8 Å². The van der Waals surface area contributed by atoms with E-state index >= 15 is 0 Å². The summed E-state index contributed by atoms with van der Waals surface area (Å²) in [6.45, 7) is 3.74. The molecule has 10 heavy (non-hydrogen) atoms. The molecule has 1 aliphatic heterocycles. The van der Waals surface area contributed by atoms with Crippen LogP contribution < -0.4 is 0 Å². The molecular weight excluding hydrogens is 151 g/mol. The molecule has 1 aliphatic rings. The van der Waals surface area contributed by atoms with E-state index in [9.17, 15) is 9.59 Å². The monoisotopic (exact) mass is 158 g/mol. The van der Waals surface area contributed by atoms with Gasteiger partial charge in [-0.3, -0.25) is 9.59 Å². The number of rotatable bonds is 4. The highest BCUT2D eigenvalue weighted by Gasteiger charge is 2.31. The Morgan fingerprint density at radius 2 is 2.30 bits per heavy atom. The van der Waals surface area contributed by atoms with Gasteiger partial charge in [-0.05, 0) is 6.08 Å². The van der Waals surface area contributed by atoms with Crippen LogP contribution >= 0.6 is 8.58 Å². The zero-order valence-corrected chi connectivity index (χ0v) is 6.29. The molecule has 3 nitrogen and oxygen atoms in total. The molecule has 4 heteroatoms. The molecule has 0 spiro atoms. The zero-order chi connectivity index (χ0) is 7.56. The molecular formula is C6H7O3P. The summed E-state index contributed by atoms with van der Waals surface area (Å²) in [5, 5.41) is 0. The van der Waals surface area contributed by atoms with Crippen molar-refractivity contribution in [2.75, 3.05) is 6.61 Å². The van der Waals surface area contributed by atoms with E-state index in [-0.39, 0.29) is 25.7 Å². The maximum atomic E-state index is 10.8. The van der Waals surface area contributed by atoms with E-state index in [2.05, 4.69) is 11.3 Å². The van der Waals surface area contributed by atoms with Gasteiger partial charge in [-0.2, -0.15) is 0 Å². The molecule has 1 heterocycles. The van der Waals surface area contributed by atoms with Crippen molar-refractivity contribution in [1.82, 2.24) is 0 Å². The molecule has 0 aliphatic carbocycles. The van der Waals surface area contributed by atoms with Gasteiger partial charge in [0.25, 0.3) is 0 Å². The molecule has 0 radical (unpaired) electrons. The number of carbonyl (C=O) groups is 2. The Morgan fingerprint density at radius 1 is 1.70 bits per heavy atom. The number of hydrogen-bond acceptors (Lipinski definition) is 3. The number of epoxide rings is 1. The fourth-order valence-corrected chi connectivity index (χ4v) is 1.13. The van der Waals surface area contributed by atoms with Gasteiger partial charge in [-0.15, -0.1) is 0 Å². The lowest BCUT2D eigenvalue weighted by Crippen LogP contribution is -2.01. The SMILES string of the molecule is C=CC(=O)PC(=O)C1CO1. The molecule has 0 aromatic rings. The van der Waals surface area contributed by atoms with Gasteiger partial charge in [0.15, 0.2) is 11.0 Å². The third-order valence-corrected chi connectivity index (χ3v) is 2.08. The maximum Gasteiger partial charge on any atom is 0.190 e. The molecule has 1 saturated heterocycles. The minimum Gasteiger partial charge on any atom is -0.364 e. The van der Waals surface area contributed by atoms with E-state index in [0.29, 0.717) is 6.61 Å². The van der Waals surface area contributed by atoms with Gasteiger partial charge in [0.2, 0.25) is 0 Å². The van der Waals surface area contributed by atoms with Gasteiger partial charge in [0, 0.05) is 8.58 Å². The van der Waals surface area contributed by atoms with E-state index in [1.807, 2.05) is 0 Å². The number of hydrogen-bond donors (Lipinski definition) is 0. The van der Waals surface area contributed by atoms with Crippen molar-refractivity contribution in [1.29, 1.82) is 0 Å². The van der Waals surface area contributed by atoms with Crippen molar-refractivity contribution in [3.05, 3.63) is 12.7 Å². The highest BCUT2D eigenvalue weighted by Crippen LogP contribution is 2.23. The molecule has 0 N–H and O–H groups in total. The Labute approximate surface area is 60.2 Å². The average Bonchev–Trinajstić information content (AvgIpc) is 2.68. The summed E-state index contributed by atoms with van der Waals surface area (Å²) >= 11 is 0. The first-order valence-corrected chi connectivity index (χ1v) is 3.83. The Morgan fingerprint density at radius 3 is 2.70 bits per heavy atom. The van der Waals surface area contributed by atoms with Crippen molar-refractivity contribution < 1.29 is 14.3 Å². The molecule has 1 rings (SSSR count). The van der Waals surface area contributed by atoms with Gasteiger partial charge in [-0.1, -0.05) is 6.58 Å². The van der Waals surface area contributed by atoms with Crippen LogP contribution in [0.1, 0.15) is 0 Å². The molecule has 0 amide bonds. The summed E-state index contributed by atoms with van der Waals surface area (Å²) in [4.78, 5) is 21.4. The summed E-state index contributed by atoms with van der Waals surface area (Å²) in [6.07, 6.45) is 0.876. The van der Waals surface area contributed by atoms with Crippen LogP contribution in [0.2, 0.25) is 0 Å². The number of carbonyl (C=O) groups excluding carboxylic acids is 2. The largest absolute Gasteiger partial charge is 0.364 e. The Hall–Kier alpha value is -0.530. The second kappa shape index (κ2) is 3.04. The Kier molecular flexibility index (Phi) is 2.30. The summed E-state index contributed by atoms with van der Waals surface area (Å²) < 4.78 is 4.69. The van der Waals surface area contributed by atoms with Crippen LogP contribution in [0.25, 0.3) is 0 Å². The average molecular weight is 158 g/mol. The lowest BCUT2D eigenvalue weighted by Gasteiger charge is -1.88. The smallest absolute Gasteiger partial charge is 0.190 e. The summed E-state index contributed by atoms with van der Waals surface area (Å²) in [6, 6.07) is 0. The third-order valence-electron chi connectivity index (χ3n) is 1.06. The molecule has 2 unspecified atom stereocenters. The summed E-state index contributed by atoms with van der Waals surface area (Å²) in [7, 11) is -0.298. The van der Waals surface area contributed by atoms with Crippen LogP contribution in [0.4, 0.5) is 0 Å². The van der Waals surface area contributed by atoms with Crippen LogP contribution in [0, 0.1) is 0 Å². The molecule has 54 valence electrons. The van der Waals surface area contributed by atoms with Crippen LogP contribution in [0.3, 0.4) is 0 Å². The van der Waals surface area contributed by atoms with Crippen LogP contribution in [-0.2, 0) is 14.3 Å². The van der Waals surface area contributed by atoms with Crippen molar-refractivity contribution in [3.63, 3.8) is 0 Å². The van der Waals surface area contributed by atoms with Crippen LogP contribution in [0.15, 0.2) is 12.7 Å². The van der Waals surface area contributed by atoms with Crippen molar-refractivity contribution in [2.45, 2.75) is 6.10 Å². The van der Waals surface area contributed by atoms with Crippen molar-refractivity contribution in [3.8, 4) is 0 Å². The second-order valence-electron chi connectivity index (χ2n) is 1.88. The van der Waals surface area contributed by atoms with Gasteiger partial charge in [0.1, 0.15) is 6.10 Å². The van der Waals surface area contributed by atoms with Gasteiger partial charge in [0.05, 0.1) is 6.61 Å². The lowest BCUT2D eigenvalue weighted by atomic mass is 10.5. The van der Waals surface area contributed by atoms with Crippen molar-refractivity contribution in [2.24, 2.45) is 0 Å². The molecule has 2 atom stereocenters. The summed E-state index contributed by atoms with van der Waals surface area (Å²) in [5.74, 6) is 0. The van der Waals surface area contributed by atoms with E-state index < -0.39 is 0 Å². The lowest BCUT2D eigenvalue weighted by molar-refractivity contribution is -0.113. The molecule has 0 bridgehead atoms. The fraction of sp³-hybridized carbons (Fsp3) is 0.333. The highest BCUT2D eigenvalue weighted by atomic mass is 31.1. The van der Waals surface area contributed by atoms with E-state index in [0.717, 1.165) is 0 Å². The van der Waals surface area contributed by atoms with Gasteiger partial charge < -0.3 is 4.74 Å². The Balaban J connectivity index is 2.29. The molecule has 1 fully saturated rings. The van der Waals surface area contributed by atoms with E-state index in [4.69, 9.17) is 0 Å². The predicted octanol–water partition coefficient (Wildman–Crippen LogP) is 0.303. The van der Waals surface area contributed by atoms with E-state index in [1.54, 1.807) is 0 Å². The highest BCUT2D eigenvalue weighted by molar-refractivity contribution is 7.74. The predicted molar refractivity (Wildman–Crippen MR) is 38.3 cm³/mol. The molecule has 0 saturated carbocycles. The summed E-state index contributed by atoms with van der Waals surface area (Å²) in [5.41, 5.74) is -0.314. The molecule has 0 aromatic carbocycles. The van der Waals surface area contributed by atoms with Crippen molar-refractivity contribution >= 4 is 19.6 Å². The normalized spacial score (nSPS) is 23.0.